The third-order valence-corrected chi connectivity index (χ3v) is 6.03. The molecule has 5 nitrogen and oxygen atoms in total. The van der Waals surface area contributed by atoms with Crippen molar-refractivity contribution in [1.82, 2.24) is 14.8 Å². The first kappa shape index (κ1) is 20.8. The Morgan fingerprint density at radius 2 is 1.97 bits per heavy atom. The van der Waals surface area contributed by atoms with E-state index in [1.807, 2.05) is 46.7 Å². The molecule has 0 N–H and O–H groups in total. The van der Waals surface area contributed by atoms with E-state index in [1.165, 1.54) is 5.56 Å². The molecule has 30 heavy (non-hydrogen) atoms. The van der Waals surface area contributed by atoms with Crippen LogP contribution in [0.1, 0.15) is 28.0 Å². The lowest BCUT2D eigenvalue weighted by atomic mass is 10.2. The number of aromatic nitrogens is 1. The Morgan fingerprint density at radius 3 is 2.77 bits per heavy atom. The molecule has 0 bridgehead atoms. The molecule has 1 aliphatic rings. The van der Waals surface area contributed by atoms with Crippen LogP contribution in [0.25, 0.3) is 0 Å². The number of hydrogen-bond donors (Lipinski definition) is 0. The molecule has 0 aliphatic carbocycles. The lowest BCUT2D eigenvalue weighted by molar-refractivity contribution is 0.0760. The van der Waals surface area contributed by atoms with Gasteiger partial charge in [0.2, 0.25) is 0 Å². The minimum Gasteiger partial charge on any atom is -0.487 e. The molecular weight excluding hydrogens is 418 g/mol. The number of ether oxygens (including phenoxy) is 1. The molecule has 4 rings (SSSR count). The molecule has 1 saturated heterocycles. The maximum Gasteiger partial charge on any atom is 0.254 e. The highest BCUT2D eigenvalue weighted by Gasteiger charge is 2.20. The number of rotatable bonds is 6. The zero-order chi connectivity index (χ0) is 20.8. The van der Waals surface area contributed by atoms with Gasteiger partial charge in [-0.15, -0.1) is 11.3 Å². The minimum absolute atomic E-state index is 0.0578. The molecule has 0 atom stereocenters. The number of nitrogens with zero attached hydrogens (tertiary/aromatic N) is 3. The molecule has 1 amide bonds. The third-order valence-electron chi connectivity index (χ3n) is 5.15. The van der Waals surface area contributed by atoms with E-state index in [9.17, 15) is 4.79 Å². The fourth-order valence-corrected chi connectivity index (χ4v) is 4.22. The van der Waals surface area contributed by atoms with Crippen LogP contribution >= 0.6 is 22.9 Å². The van der Waals surface area contributed by atoms with E-state index in [0.717, 1.165) is 49.9 Å². The number of carbonyl (C=O) groups excluding carboxylic acids is 1. The second-order valence-electron chi connectivity index (χ2n) is 7.34. The quantitative estimate of drug-likeness (QED) is 0.555. The van der Waals surface area contributed by atoms with Gasteiger partial charge < -0.3 is 9.64 Å². The van der Waals surface area contributed by atoms with Crippen LogP contribution in [0, 0.1) is 0 Å². The normalized spacial score (nSPS) is 15.0. The van der Waals surface area contributed by atoms with Crippen LogP contribution in [0.2, 0.25) is 5.02 Å². The van der Waals surface area contributed by atoms with Gasteiger partial charge in [0.15, 0.2) is 0 Å². The summed E-state index contributed by atoms with van der Waals surface area (Å²) in [5.74, 6) is 0.746. The Kier molecular flexibility index (Phi) is 7.00. The van der Waals surface area contributed by atoms with E-state index in [2.05, 4.69) is 22.0 Å². The van der Waals surface area contributed by atoms with Gasteiger partial charge in [-0.3, -0.25) is 9.69 Å². The summed E-state index contributed by atoms with van der Waals surface area (Å²) in [6, 6.07) is 15.4. The van der Waals surface area contributed by atoms with Crippen LogP contribution in [0.15, 0.2) is 59.4 Å². The SMILES string of the molecule is O=C(c1cccc(OCc2cscn2)c1)N1CCCN(Cc2ccc(Cl)cc2)CC1. The van der Waals surface area contributed by atoms with E-state index in [0.29, 0.717) is 17.9 Å². The van der Waals surface area contributed by atoms with Crippen molar-refractivity contribution in [1.29, 1.82) is 0 Å². The zero-order valence-corrected chi connectivity index (χ0v) is 18.2. The number of hydrogen-bond acceptors (Lipinski definition) is 5. The summed E-state index contributed by atoms with van der Waals surface area (Å²) in [5.41, 5.74) is 4.58. The van der Waals surface area contributed by atoms with Crippen LogP contribution in [0.4, 0.5) is 0 Å². The van der Waals surface area contributed by atoms with Crippen LogP contribution in [-0.4, -0.2) is 46.9 Å². The molecular formula is C23H24ClN3O2S. The smallest absolute Gasteiger partial charge is 0.254 e. The molecule has 1 aliphatic heterocycles. The lowest BCUT2D eigenvalue weighted by Crippen LogP contribution is -2.35. The fourth-order valence-electron chi connectivity index (χ4n) is 3.55. The van der Waals surface area contributed by atoms with Gasteiger partial charge >= 0.3 is 0 Å². The van der Waals surface area contributed by atoms with Gasteiger partial charge in [0, 0.05) is 48.7 Å². The van der Waals surface area contributed by atoms with Crippen molar-refractivity contribution >= 4 is 28.8 Å². The van der Waals surface area contributed by atoms with Gasteiger partial charge in [0.25, 0.3) is 5.91 Å². The molecule has 0 radical (unpaired) electrons. The monoisotopic (exact) mass is 441 g/mol. The van der Waals surface area contributed by atoms with E-state index in [4.69, 9.17) is 16.3 Å². The average Bonchev–Trinajstić information content (AvgIpc) is 3.19. The standard InChI is InChI=1S/C23H24ClN3O2S/c24-20-7-5-18(6-8-20)14-26-9-2-10-27(12-11-26)23(28)19-3-1-4-22(13-19)29-15-21-16-30-17-25-21/h1,3-8,13,16-17H,2,9-12,14-15H2. The highest BCUT2D eigenvalue weighted by Crippen LogP contribution is 2.18. The maximum atomic E-state index is 13.1. The van der Waals surface area contributed by atoms with Gasteiger partial charge in [0.1, 0.15) is 12.4 Å². The molecule has 0 saturated carbocycles. The first-order valence-electron chi connectivity index (χ1n) is 10.0. The summed E-state index contributed by atoms with van der Waals surface area (Å²) in [6.45, 7) is 4.59. The molecule has 1 aromatic heterocycles. The summed E-state index contributed by atoms with van der Waals surface area (Å²) in [4.78, 5) is 21.6. The summed E-state index contributed by atoms with van der Waals surface area (Å²) in [5, 5.41) is 2.71. The number of benzene rings is 2. The fraction of sp³-hybridized carbons (Fsp3) is 0.304. The highest BCUT2D eigenvalue weighted by molar-refractivity contribution is 7.07. The second kappa shape index (κ2) is 10.1. The topological polar surface area (TPSA) is 45.7 Å². The maximum absolute atomic E-state index is 13.1. The molecule has 156 valence electrons. The van der Waals surface area contributed by atoms with Crippen LogP contribution < -0.4 is 4.74 Å². The average molecular weight is 442 g/mol. The van der Waals surface area contributed by atoms with Crippen molar-refractivity contribution in [3.8, 4) is 5.75 Å². The predicted molar refractivity (Wildman–Crippen MR) is 120 cm³/mol. The first-order chi connectivity index (χ1) is 14.7. The lowest BCUT2D eigenvalue weighted by Gasteiger charge is -2.22. The van der Waals surface area contributed by atoms with E-state index >= 15 is 0 Å². The highest BCUT2D eigenvalue weighted by atomic mass is 35.5. The molecule has 0 unspecified atom stereocenters. The van der Waals surface area contributed by atoms with Crippen LogP contribution in [-0.2, 0) is 13.2 Å². The van der Waals surface area contributed by atoms with Gasteiger partial charge in [-0.1, -0.05) is 29.8 Å². The number of amides is 1. The third kappa shape index (κ3) is 5.59. The molecule has 2 aromatic carbocycles. The molecule has 2 heterocycles. The van der Waals surface area contributed by atoms with Gasteiger partial charge in [0.05, 0.1) is 11.2 Å². The first-order valence-corrected chi connectivity index (χ1v) is 11.4. The number of thiazole rings is 1. The van der Waals surface area contributed by atoms with Crippen LogP contribution in [0.3, 0.4) is 0 Å². The largest absolute Gasteiger partial charge is 0.487 e. The Morgan fingerprint density at radius 1 is 1.10 bits per heavy atom. The Balaban J connectivity index is 1.34. The van der Waals surface area contributed by atoms with Crippen LogP contribution in [0.5, 0.6) is 5.75 Å². The van der Waals surface area contributed by atoms with Gasteiger partial charge in [-0.2, -0.15) is 0 Å². The Labute approximate surface area is 185 Å². The number of halogens is 1. The van der Waals surface area contributed by atoms with E-state index < -0.39 is 0 Å². The second-order valence-corrected chi connectivity index (χ2v) is 8.50. The van der Waals surface area contributed by atoms with Crippen molar-refractivity contribution in [2.45, 2.75) is 19.6 Å². The van der Waals surface area contributed by atoms with Gasteiger partial charge in [-0.05, 0) is 42.3 Å². The van der Waals surface area contributed by atoms with Gasteiger partial charge in [-0.25, -0.2) is 4.98 Å². The van der Waals surface area contributed by atoms with E-state index in [-0.39, 0.29) is 5.91 Å². The number of carbonyl (C=O) groups is 1. The van der Waals surface area contributed by atoms with Crippen molar-refractivity contribution in [2.75, 3.05) is 26.2 Å². The molecule has 1 fully saturated rings. The van der Waals surface area contributed by atoms with Crippen molar-refractivity contribution in [3.63, 3.8) is 0 Å². The van der Waals surface area contributed by atoms with E-state index in [1.54, 1.807) is 16.8 Å². The van der Waals surface area contributed by atoms with Crippen molar-refractivity contribution in [3.05, 3.63) is 81.3 Å². The molecule has 7 heteroatoms. The summed E-state index contributed by atoms with van der Waals surface area (Å²) < 4.78 is 5.80. The summed E-state index contributed by atoms with van der Waals surface area (Å²) in [6.07, 6.45) is 0.958. The van der Waals surface area contributed by atoms with Crippen molar-refractivity contribution in [2.24, 2.45) is 0 Å². The molecule has 0 spiro atoms. The zero-order valence-electron chi connectivity index (χ0n) is 16.7. The summed E-state index contributed by atoms with van der Waals surface area (Å²) in [7, 11) is 0. The predicted octanol–water partition coefficient (Wildman–Crippen LogP) is 4.72. The molecule has 3 aromatic rings. The summed E-state index contributed by atoms with van der Waals surface area (Å²) >= 11 is 7.52. The minimum atomic E-state index is 0.0578. The van der Waals surface area contributed by atoms with Crippen molar-refractivity contribution < 1.29 is 9.53 Å². The Bertz CT molecular complexity index is 963. The Hall–Kier alpha value is -2.41.